The van der Waals surface area contributed by atoms with Crippen LogP contribution < -0.4 is 5.32 Å². The van der Waals surface area contributed by atoms with Gasteiger partial charge in [0.1, 0.15) is 5.82 Å². The van der Waals surface area contributed by atoms with Gasteiger partial charge in [-0.15, -0.1) is 11.8 Å². The van der Waals surface area contributed by atoms with E-state index in [0.717, 1.165) is 12.1 Å². The molecule has 1 rings (SSSR count). The molecule has 0 aliphatic heterocycles. The van der Waals surface area contributed by atoms with Crippen molar-refractivity contribution in [1.82, 2.24) is 0 Å². The molecule has 1 aromatic carbocycles. The van der Waals surface area contributed by atoms with Gasteiger partial charge < -0.3 is 5.32 Å². The number of hydrogen-bond acceptors (Lipinski definition) is 2. The summed E-state index contributed by atoms with van der Waals surface area (Å²) in [4.78, 5) is 11.1. The van der Waals surface area contributed by atoms with Crippen molar-refractivity contribution in [2.75, 3.05) is 11.6 Å². The van der Waals surface area contributed by atoms with Gasteiger partial charge in [-0.1, -0.05) is 0 Å². The molecule has 0 saturated carbocycles. The molecular weight excluding hydrogens is 246 g/mol. The Balaban J connectivity index is 2.87. The molecule has 0 radical (unpaired) electrons. The molecule has 7 heteroatoms. The minimum atomic E-state index is -5.02. The fraction of sp³-hybridized carbons (Fsp3) is 0.222. The summed E-state index contributed by atoms with van der Waals surface area (Å²) in [6.45, 7) is 0. The summed E-state index contributed by atoms with van der Waals surface area (Å²) in [5.41, 5.74) is -0.486. The van der Waals surface area contributed by atoms with Crippen LogP contribution in [0.25, 0.3) is 0 Å². The molecule has 0 heterocycles. The van der Waals surface area contributed by atoms with Crippen LogP contribution in [0.2, 0.25) is 0 Å². The molecule has 0 spiro atoms. The largest absolute Gasteiger partial charge is 0.471 e. The van der Waals surface area contributed by atoms with E-state index in [1.54, 1.807) is 6.26 Å². The van der Waals surface area contributed by atoms with E-state index in [1.807, 2.05) is 0 Å². The van der Waals surface area contributed by atoms with E-state index in [0.29, 0.717) is 4.90 Å². The van der Waals surface area contributed by atoms with Crippen LogP contribution in [0.15, 0.2) is 23.1 Å². The molecule has 0 saturated heterocycles. The van der Waals surface area contributed by atoms with Crippen molar-refractivity contribution < 1.29 is 22.4 Å². The fourth-order valence-electron chi connectivity index (χ4n) is 0.917. The van der Waals surface area contributed by atoms with Crippen molar-refractivity contribution in [1.29, 1.82) is 0 Å². The maximum absolute atomic E-state index is 13.2. The Morgan fingerprint density at radius 1 is 1.38 bits per heavy atom. The second kappa shape index (κ2) is 4.73. The third-order valence-electron chi connectivity index (χ3n) is 1.68. The molecular formula is C9H7F4NOS. The SMILES string of the molecule is CSc1ccc(NC(=O)C(F)(F)F)c(F)c1. The van der Waals surface area contributed by atoms with Gasteiger partial charge in [0.2, 0.25) is 0 Å². The van der Waals surface area contributed by atoms with Gasteiger partial charge >= 0.3 is 12.1 Å². The number of alkyl halides is 3. The van der Waals surface area contributed by atoms with Crippen molar-refractivity contribution in [2.24, 2.45) is 0 Å². The predicted molar refractivity (Wildman–Crippen MR) is 52.9 cm³/mol. The summed E-state index contributed by atoms with van der Waals surface area (Å²) in [6, 6.07) is 3.56. The molecule has 0 bridgehead atoms. The molecule has 0 aliphatic carbocycles. The molecule has 2 nitrogen and oxygen atoms in total. The summed E-state index contributed by atoms with van der Waals surface area (Å²) in [5, 5.41) is 1.45. The molecule has 16 heavy (non-hydrogen) atoms. The number of benzene rings is 1. The molecule has 0 aromatic heterocycles. The molecule has 1 amide bonds. The average Bonchev–Trinajstić information content (AvgIpc) is 2.19. The van der Waals surface area contributed by atoms with Gasteiger partial charge in [-0.3, -0.25) is 4.79 Å². The third kappa shape index (κ3) is 3.13. The van der Waals surface area contributed by atoms with Crippen LogP contribution in [0.4, 0.5) is 23.2 Å². The van der Waals surface area contributed by atoms with E-state index in [4.69, 9.17) is 0 Å². The Bertz CT molecular complexity index is 405. The number of carbonyl (C=O) groups excluding carboxylic acids is 1. The van der Waals surface area contributed by atoms with Crippen LogP contribution in [0.1, 0.15) is 0 Å². The predicted octanol–water partition coefficient (Wildman–Crippen LogP) is 3.05. The van der Waals surface area contributed by atoms with Crippen LogP contribution >= 0.6 is 11.8 Å². The van der Waals surface area contributed by atoms with Crippen LogP contribution in [-0.2, 0) is 4.79 Å². The second-order valence-corrected chi connectivity index (χ2v) is 3.68. The van der Waals surface area contributed by atoms with Crippen LogP contribution in [0.3, 0.4) is 0 Å². The van der Waals surface area contributed by atoms with Gasteiger partial charge in [0.25, 0.3) is 0 Å². The minimum absolute atomic E-state index is 0.486. The van der Waals surface area contributed by atoms with Gasteiger partial charge in [0.05, 0.1) is 5.69 Å². The number of carbonyl (C=O) groups is 1. The van der Waals surface area contributed by atoms with E-state index in [2.05, 4.69) is 0 Å². The van der Waals surface area contributed by atoms with Crippen LogP contribution in [0, 0.1) is 5.82 Å². The maximum Gasteiger partial charge on any atom is 0.471 e. The summed E-state index contributed by atoms with van der Waals surface area (Å²) < 4.78 is 48.8. The van der Waals surface area contributed by atoms with E-state index in [-0.39, 0.29) is 0 Å². The lowest BCUT2D eigenvalue weighted by Crippen LogP contribution is -2.30. The highest BCUT2D eigenvalue weighted by atomic mass is 32.2. The molecule has 1 N–H and O–H groups in total. The minimum Gasteiger partial charge on any atom is -0.316 e. The van der Waals surface area contributed by atoms with E-state index in [9.17, 15) is 22.4 Å². The number of amides is 1. The monoisotopic (exact) mass is 253 g/mol. The van der Waals surface area contributed by atoms with E-state index < -0.39 is 23.6 Å². The Morgan fingerprint density at radius 3 is 2.44 bits per heavy atom. The highest BCUT2D eigenvalue weighted by molar-refractivity contribution is 7.98. The zero-order valence-electron chi connectivity index (χ0n) is 8.06. The molecule has 1 aromatic rings. The van der Waals surface area contributed by atoms with Gasteiger partial charge in [0.15, 0.2) is 0 Å². The Hall–Kier alpha value is -1.24. The standard InChI is InChI=1S/C9H7F4NOS/c1-16-5-2-3-7(6(10)4-5)14-8(15)9(11,12)13/h2-4H,1H3,(H,14,15). The molecule has 0 atom stereocenters. The van der Waals surface area contributed by atoms with Crippen LogP contribution in [0.5, 0.6) is 0 Å². The Morgan fingerprint density at radius 2 is 2.00 bits per heavy atom. The van der Waals surface area contributed by atoms with Crippen molar-refractivity contribution in [3.63, 3.8) is 0 Å². The lowest BCUT2D eigenvalue weighted by Gasteiger charge is -2.09. The third-order valence-corrected chi connectivity index (χ3v) is 2.41. The molecule has 0 fully saturated rings. The van der Waals surface area contributed by atoms with Gasteiger partial charge in [-0.05, 0) is 24.5 Å². The lowest BCUT2D eigenvalue weighted by molar-refractivity contribution is -0.167. The zero-order chi connectivity index (χ0) is 12.3. The first kappa shape index (κ1) is 12.8. The molecule has 88 valence electrons. The second-order valence-electron chi connectivity index (χ2n) is 2.80. The van der Waals surface area contributed by atoms with Gasteiger partial charge in [0, 0.05) is 4.90 Å². The number of halogens is 4. The quantitative estimate of drug-likeness (QED) is 0.648. The molecule has 0 unspecified atom stereocenters. The van der Waals surface area contributed by atoms with Crippen LogP contribution in [-0.4, -0.2) is 18.3 Å². The number of nitrogens with one attached hydrogen (secondary N) is 1. The summed E-state index contributed by atoms with van der Waals surface area (Å²) in [6.07, 6.45) is -3.33. The highest BCUT2D eigenvalue weighted by Gasteiger charge is 2.39. The summed E-state index contributed by atoms with van der Waals surface area (Å²) in [5.74, 6) is -3.09. The highest BCUT2D eigenvalue weighted by Crippen LogP contribution is 2.23. The number of hydrogen-bond donors (Lipinski definition) is 1. The van der Waals surface area contributed by atoms with Crippen molar-refractivity contribution >= 4 is 23.4 Å². The van der Waals surface area contributed by atoms with Crippen molar-refractivity contribution in [3.05, 3.63) is 24.0 Å². The fourth-order valence-corrected chi connectivity index (χ4v) is 1.34. The summed E-state index contributed by atoms with van der Waals surface area (Å²) in [7, 11) is 0. The van der Waals surface area contributed by atoms with Gasteiger partial charge in [-0.25, -0.2) is 4.39 Å². The smallest absolute Gasteiger partial charge is 0.316 e. The van der Waals surface area contributed by atoms with Crippen molar-refractivity contribution in [3.8, 4) is 0 Å². The van der Waals surface area contributed by atoms with E-state index in [1.165, 1.54) is 23.1 Å². The first-order valence-electron chi connectivity index (χ1n) is 4.06. The normalized spacial score (nSPS) is 11.3. The summed E-state index contributed by atoms with van der Waals surface area (Å²) >= 11 is 1.24. The van der Waals surface area contributed by atoms with E-state index >= 15 is 0 Å². The zero-order valence-corrected chi connectivity index (χ0v) is 8.88. The molecule has 0 aliphatic rings. The number of thioether (sulfide) groups is 1. The number of rotatable bonds is 2. The van der Waals surface area contributed by atoms with Gasteiger partial charge in [-0.2, -0.15) is 13.2 Å². The topological polar surface area (TPSA) is 29.1 Å². The average molecular weight is 253 g/mol. The Labute approximate surface area is 93.0 Å². The maximum atomic E-state index is 13.2. The lowest BCUT2D eigenvalue weighted by atomic mass is 10.3. The Kier molecular flexibility index (Phi) is 3.79. The van der Waals surface area contributed by atoms with Crippen molar-refractivity contribution in [2.45, 2.75) is 11.1 Å². The first-order chi connectivity index (χ1) is 7.34. The number of anilines is 1. The first-order valence-corrected chi connectivity index (χ1v) is 5.29.